The molecule has 0 aliphatic heterocycles. The fourth-order valence-electron chi connectivity index (χ4n) is 2.49. The average molecular weight is 267 g/mol. The lowest BCUT2D eigenvalue weighted by Gasteiger charge is -2.11. The van der Waals surface area contributed by atoms with Gasteiger partial charge in [-0.25, -0.2) is 0 Å². The van der Waals surface area contributed by atoms with Crippen LogP contribution in [-0.4, -0.2) is 4.57 Å². The van der Waals surface area contributed by atoms with Crippen molar-refractivity contribution in [2.75, 3.05) is 0 Å². The van der Waals surface area contributed by atoms with Crippen molar-refractivity contribution < 1.29 is 0 Å². The number of rotatable bonds is 4. The second-order valence-electron chi connectivity index (χ2n) is 4.58. The van der Waals surface area contributed by atoms with Gasteiger partial charge in [0.25, 0.3) is 0 Å². The van der Waals surface area contributed by atoms with Crippen LogP contribution in [0.5, 0.6) is 0 Å². The van der Waals surface area contributed by atoms with E-state index in [1.165, 1.54) is 21.8 Å². The van der Waals surface area contributed by atoms with E-state index < -0.39 is 0 Å². The van der Waals surface area contributed by atoms with Gasteiger partial charge in [-0.3, -0.25) is 0 Å². The van der Waals surface area contributed by atoms with E-state index in [1.807, 2.05) is 11.3 Å². The molecule has 96 valence electrons. The van der Waals surface area contributed by atoms with E-state index in [9.17, 15) is 0 Å². The van der Waals surface area contributed by atoms with Gasteiger partial charge in [-0.1, -0.05) is 36.4 Å². The lowest BCUT2D eigenvalue weighted by atomic mass is 10.1. The van der Waals surface area contributed by atoms with Crippen molar-refractivity contribution in [1.29, 1.82) is 0 Å². The summed E-state index contributed by atoms with van der Waals surface area (Å²) >= 11 is 1.83. The molecular weight excluding hydrogens is 250 g/mol. The first-order valence-electron chi connectivity index (χ1n) is 6.64. The standard InChI is InChI=1S/C17H17NS/c1-2-18-15(13-16-9-6-12-19-16)10-11-17(18)14-7-4-3-5-8-14/h3-12H,2,13H2,1H3. The smallest absolute Gasteiger partial charge is 0.0482 e. The van der Waals surface area contributed by atoms with E-state index in [0.717, 1.165) is 13.0 Å². The molecule has 2 heteroatoms. The third-order valence-electron chi connectivity index (χ3n) is 3.39. The van der Waals surface area contributed by atoms with Gasteiger partial charge in [0.1, 0.15) is 0 Å². The largest absolute Gasteiger partial charge is 0.345 e. The van der Waals surface area contributed by atoms with Crippen LogP contribution in [0.2, 0.25) is 0 Å². The molecule has 0 saturated heterocycles. The zero-order valence-electron chi connectivity index (χ0n) is 11.0. The third kappa shape index (κ3) is 2.49. The van der Waals surface area contributed by atoms with Crippen molar-refractivity contribution in [3.05, 3.63) is 70.5 Å². The van der Waals surface area contributed by atoms with Gasteiger partial charge in [-0.05, 0) is 36.1 Å². The molecule has 0 N–H and O–H groups in total. The van der Waals surface area contributed by atoms with E-state index in [4.69, 9.17) is 0 Å². The topological polar surface area (TPSA) is 4.93 Å². The normalized spacial score (nSPS) is 10.8. The fourth-order valence-corrected chi connectivity index (χ4v) is 3.21. The van der Waals surface area contributed by atoms with Gasteiger partial charge >= 0.3 is 0 Å². The van der Waals surface area contributed by atoms with Crippen molar-refractivity contribution in [3.63, 3.8) is 0 Å². The Bertz CT molecular complexity index is 635. The van der Waals surface area contributed by atoms with Crippen molar-refractivity contribution >= 4 is 11.3 Å². The molecule has 0 aliphatic carbocycles. The van der Waals surface area contributed by atoms with Crippen molar-refractivity contribution in [3.8, 4) is 11.3 Å². The first kappa shape index (κ1) is 12.2. The van der Waals surface area contributed by atoms with E-state index in [0.29, 0.717) is 0 Å². The van der Waals surface area contributed by atoms with Crippen LogP contribution in [0.4, 0.5) is 0 Å². The van der Waals surface area contributed by atoms with Gasteiger partial charge in [-0.2, -0.15) is 0 Å². The molecule has 2 aromatic heterocycles. The first-order chi connectivity index (χ1) is 9.38. The maximum absolute atomic E-state index is 2.41. The number of hydrogen-bond donors (Lipinski definition) is 0. The predicted octanol–water partition coefficient (Wildman–Crippen LogP) is 4.83. The Hall–Kier alpha value is -1.80. The molecule has 3 rings (SSSR count). The molecule has 2 heterocycles. The number of aromatic nitrogens is 1. The second kappa shape index (κ2) is 5.45. The Labute approximate surface area is 118 Å². The number of hydrogen-bond acceptors (Lipinski definition) is 1. The van der Waals surface area contributed by atoms with E-state index in [1.54, 1.807) is 0 Å². The molecule has 0 aliphatic rings. The molecule has 0 bridgehead atoms. The molecule has 0 spiro atoms. The molecule has 1 aromatic carbocycles. The van der Waals surface area contributed by atoms with Crippen LogP contribution in [0.1, 0.15) is 17.5 Å². The SMILES string of the molecule is CCn1c(Cc2cccs2)ccc1-c1ccccc1. The quantitative estimate of drug-likeness (QED) is 0.638. The van der Waals surface area contributed by atoms with Crippen LogP contribution < -0.4 is 0 Å². The average Bonchev–Trinajstić information content (AvgIpc) is 3.09. The van der Waals surface area contributed by atoms with Crippen molar-refractivity contribution in [2.45, 2.75) is 19.9 Å². The second-order valence-corrected chi connectivity index (χ2v) is 5.61. The Morgan fingerprint density at radius 1 is 0.947 bits per heavy atom. The molecule has 0 saturated carbocycles. The van der Waals surface area contributed by atoms with Gasteiger partial charge in [0, 0.05) is 29.2 Å². The highest BCUT2D eigenvalue weighted by Gasteiger charge is 2.09. The van der Waals surface area contributed by atoms with Crippen LogP contribution in [0.3, 0.4) is 0 Å². The summed E-state index contributed by atoms with van der Waals surface area (Å²) in [6.07, 6.45) is 1.03. The summed E-state index contributed by atoms with van der Waals surface area (Å²) in [5, 5.41) is 2.15. The van der Waals surface area contributed by atoms with Gasteiger partial charge in [0.05, 0.1) is 0 Å². The molecule has 0 radical (unpaired) electrons. The Kier molecular flexibility index (Phi) is 3.51. The van der Waals surface area contributed by atoms with Crippen molar-refractivity contribution in [2.24, 2.45) is 0 Å². The summed E-state index contributed by atoms with van der Waals surface area (Å²) in [6.45, 7) is 3.22. The number of nitrogens with zero attached hydrogens (tertiary/aromatic N) is 1. The summed E-state index contributed by atoms with van der Waals surface area (Å²) < 4.78 is 2.41. The van der Waals surface area contributed by atoms with E-state index >= 15 is 0 Å². The number of thiophene rings is 1. The van der Waals surface area contributed by atoms with Crippen LogP contribution in [0, 0.1) is 0 Å². The predicted molar refractivity (Wildman–Crippen MR) is 82.7 cm³/mol. The Morgan fingerprint density at radius 3 is 2.47 bits per heavy atom. The summed E-state index contributed by atoms with van der Waals surface area (Å²) in [5.41, 5.74) is 4.00. The molecule has 3 aromatic rings. The zero-order chi connectivity index (χ0) is 13.1. The molecule has 1 nitrogen and oxygen atoms in total. The van der Waals surface area contributed by atoms with Crippen molar-refractivity contribution in [1.82, 2.24) is 4.57 Å². The fraction of sp³-hybridized carbons (Fsp3) is 0.176. The van der Waals surface area contributed by atoms with Crippen LogP contribution in [-0.2, 0) is 13.0 Å². The highest BCUT2D eigenvalue weighted by Crippen LogP contribution is 2.24. The van der Waals surface area contributed by atoms with E-state index in [2.05, 4.69) is 71.5 Å². The molecular formula is C17H17NS. The summed E-state index contributed by atoms with van der Waals surface area (Å²) in [7, 11) is 0. The number of benzene rings is 1. The molecule has 0 atom stereocenters. The maximum atomic E-state index is 2.41. The van der Waals surface area contributed by atoms with Gasteiger partial charge in [0.15, 0.2) is 0 Å². The summed E-state index contributed by atoms with van der Waals surface area (Å²) in [4.78, 5) is 1.42. The highest BCUT2D eigenvalue weighted by molar-refractivity contribution is 7.09. The molecule has 19 heavy (non-hydrogen) atoms. The lowest BCUT2D eigenvalue weighted by Crippen LogP contribution is -2.02. The Balaban J connectivity index is 1.97. The lowest BCUT2D eigenvalue weighted by molar-refractivity contribution is 0.736. The minimum Gasteiger partial charge on any atom is -0.345 e. The van der Waals surface area contributed by atoms with Crippen LogP contribution in [0.25, 0.3) is 11.3 Å². The van der Waals surface area contributed by atoms with Crippen LogP contribution in [0.15, 0.2) is 60.0 Å². The minimum absolute atomic E-state index is 1.01. The van der Waals surface area contributed by atoms with Crippen LogP contribution >= 0.6 is 11.3 Å². The monoisotopic (exact) mass is 267 g/mol. The summed E-state index contributed by atoms with van der Waals surface area (Å²) in [6, 6.07) is 19.4. The van der Waals surface area contributed by atoms with Gasteiger partial charge < -0.3 is 4.57 Å². The van der Waals surface area contributed by atoms with Gasteiger partial charge in [-0.15, -0.1) is 11.3 Å². The van der Waals surface area contributed by atoms with E-state index in [-0.39, 0.29) is 0 Å². The van der Waals surface area contributed by atoms with Gasteiger partial charge in [0.2, 0.25) is 0 Å². The highest BCUT2D eigenvalue weighted by atomic mass is 32.1. The minimum atomic E-state index is 1.01. The molecule has 0 amide bonds. The first-order valence-corrected chi connectivity index (χ1v) is 7.52. The zero-order valence-corrected chi connectivity index (χ0v) is 11.9. The maximum Gasteiger partial charge on any atom is 0.0482 e. The Morgan fingerprint density at radius 2 is 1.79 bits per heavy atom. The molecule has 0 unspecified atom stereocenters. The summed E-state index contributed by atoms with van der Waals surface area (Å²) in [5.74, 6) is 0. The third-order valence-corrected chi connectivity index (χ3v) is 4.27. The molecule has 0 fully saturated rings.